The molecule has 0 amide bonds. The number of hydrogen-bond donors (Lipinski definition) is 2. The maximum Gasteiger partial charge on any atom is 0.375 e. The van der Waals surface area contributed by atoms with Gasteiger partial charge in [-0.3, -0.25) is 0 Å². The first-order valence-electron chi connectivity index (χ1n) is 4.70. The largest absolute Gasteiger partial charge is 0.424 e. The van der Waals surface area contributed by atoms with Gasteiger partial charge >= 0.3 is 6.72 Å². The molecule has 0 aliphatic carbocycles. The summed E-state index contributed by atoms with van der Waals surface area (Å²) in [5, 5.41) is 0. The van der Waals surface area contributed by atoms with Crippen molar-refractivity contribution in [2.45, 2.75) is 18.7 Å². The molecule has 2 N–H and O–H groups in total. The smallest absolute Gasteiger partial charge is 0.375 e. The summed E-state index contributed by atoms with van der Waals surface area (Å²) in [7, 11) is 1.05. The van der Waals surface area contributed by atoms with E-state index in [9.17, 15) is 0 Å². The molecule has 0 spiro atoms. The van der Waals surface area contributed by atoms with Crippen molar-refractivity contribution in [3.63, 3.8) is 0 Å². The van der Waals surface area contributed by atoms with Crippen LogP contribution < -0.4 is 4.52 Å². The first kappa shape index (κ1) is 14.8. The molecule has 17 heavy (non-hydrogen) atoms. The van der Waals surface area contributed by atoms with Crippen LogP contribution in [0.3, 0.4) is 0 Å². The Labute approximate surface area is 109 Å². The van der Waals surface area contributed by atoms with E-state index in [-0.39, 0.29) is 0 Å². The van der Waals surface area contributed by atoms with Crippen LogP contribution in [0.25, 0.3) is 0 Å². The Morgan fingerprint density at radius 1 is 1.29 bits per heavy atom. The molecular formula is C10H15O4PS2. The van der Waals surface area contributed by atoms with Crippen molar-refractivity contribution in [2.24, 2.45) is 0 Å². The molecule has 1 atom stereocenters. The van der Waals surface area contributed by atoms with Crippen LogP contribution in [0.1, 0.15) is 11.1 Å². The first-order valence-corrected chi connectivity index (χ1v) is 8.64. The van der Waals surface area contributed by atoms with Gasteiger partial charge in [0.05, 0.1) is 7.11 Å². The van der Waals surface area contributed by atoms with Crippen molar-refractivity contribution in [3.8, 4) is 5.75 Å². The van der Waals surface area contributed by atoms with E-state index in [1.54, 1.807) is 19.2 Å². The van der Waals surface area contributed by atoms with Crippen LogP contribution >= 0.6 is 17.5 Å². The average Bonchev–Trinajstić information content (AvgIpc) is 2.22. The minimum Gasteiger partial charge on any atom is -0.424 e. The lowest BCUT2D eigenvalue weighted by Crippen LogP contribution is -1.96. The molecule has 0 saturated carbocycles. The van der Waals surface area contributed by atoms with Gasteiger partial charge in [-0.2, -0.15) is 0 Å². The Morgan fingerprint density at radius 2 is 1.88 bits per heavy atom. The third-order valence-electron chi connectivity index (χ3n) is 2.35. The highest BCUT2D eigenvalue weighted by atomic mass is 32.5. The predicted octanol–water partition coefficient (Wildman–Crippen LogP) is 2.51. The van der Waals surface area contributed by atoms with Gasteiger partial charge in [0.2, 0.25) is 0 Å². The Hall–Kier alpha value is -0.230. The fourth-order valence-corrected chi connectivity index (χ4v) is 2.92. The van der Waals surface area contributed by atoms with E-state index in [2.05, 4.69) is 17.7 Å². The Kier molecular flexibility index (Phi) is 4.89. The van der Waals surface area contributed by atoms with Gasteiger partial charge in [0, 0.05) is 16.7 Å². The summed E-state index contributed by atoms with van der Waals surface area (Å²) in [6, 6.07) is 3.44. The maximum atomic E-state index is 9.14. The maximum absolute atomic E-state index is 9.14. The Morgan fingerprint density at radius 3 is 2.35 bits per heavy atom. The topological polar surface area (TPSA) is 58.9 Å². The second kappa shape index (κ2) is 5.61. The standard InChI is InChI=1S/C10H15O4PS2/c1-7-8(2)10(17(4)13-3)6-5-9(7)14-15(11,12)16/h5-6H,4H2,1-3H3,(H2,11,12,16). The fraction of sp³-hybridized carbons (Fsp3) is 0.300. The quantitative estimate of drug-likeness (QED) is 0.660. The molecule has 0 bridgehead atoms. The monoisotopic (exact) mass is 294 g/mol. The second-order valence-corrected chi connectivity index (χ2v) is 7.46. The van der Waals surface area contributed by atoms with E-state index < -0.39 is 17.5 Å². The molecular weight excluding hydrogens is 279 g/mol. The predicted molar refractivity (Wildman–Crippen MR) is 75.3 cm³/mol. The summed E-state index contributed by atoms with van der Waals surface area (Å²) in [5.74, 6) is 4.27. The highest BCUT2D eigenvalue weighted by molar-refractivity contribution is 8.10. The number of benzene rings is 1. The van der Waals surface area contributed by atoms with Crippen LogP contribution in [0.4, 0.5) is 0 Å². The summed E-state index contributed by atoms with van der Waals surface area (Å²) in [4.78, 5) is 19.2. The van der Waals surface area contributed by atoms with Crippen LogP contribution in [0, 0.1) is 13.8 Å². The molecule has 0 radical (unpaired) electrons. The molecule has 0 aliphatic rings. The molecule has 1 rings (SSSR count). The zero-order valence-corrected chi connectivity index (χ0v) is 12.4. The lowest BCUT2D eigenvalue weighted by atomic mass is 10.1. The molecule has 0 aromatic heterocycles. The lowest BCUT2D eigenvalue weighted by Gasteiger charge is -2.16. The number of rotatable bonds is 4. The normalized spacial score (nSPS) is 13.5. The molecule has 0 saturated heterocycles. The molecule has 0 fully saturated rings. The van der Waals surface area contributed by atoms with Gasteiger partial charge in [-0.05, 0) is 53.7 Å². The van der Waals surface area contributed by atoms with Crippen LogP contribution in [-0.2, 0) is 16.0 Å². The third kappa shape index (κ3) is 3.88. The summed E-state index contributed by atoms with van der Waals surface area (Å²) < 4.78 is 10.1. The fourth-order valence-electron chi connectivity index (χ4n) is 1.33. The molecule has 1 aromatic rings. The van der Waals surface area contributed by atoms with Gasteiger partial charge < -0.3 is 18.5 Å². The SMILES string of the molecule is C=S(OC)c1ccc(OP(O)(O)=S)c(C)c1C. The third-order valence-corrected chi connectivity index (χ3v) is 4.34. The molecule has 7 heteroatoms. The van der Waals surface area contributed by atoms with E-state index in [1.165, 1.54) is 0 Å². The second-order valence-electron chi connectivity index (χ2n) is 3.41. The molecule has 96 valence electrons. The Bertz CT molecular complexity index is 495. The molecule has 4 nitrogen and oxygen atoms in total. The van der Waals surface area contributed by atoms with E-state index in [0.29, 0.717) is 5.75 Å². The van der Waals surface area contributed by atoms with Gasteiger partial charge in [0.1, 0.15) is 5.75 Å². The molecule has 0 aliphatic heterocycles. The average molecular weight is 294 g/mol. The van der Waals surface area contributed by atoms with Gasteiger partial charge in [-0.15, -0.1) is 0 Å². The Balaban J connectivity index is 3.20. The minimum absolute atomic E-state index is 0.382. The van der Waals surface area contributed by atoms with E-state index in [1.807, 2.05) is 13.8 Å². The van der Waals surface area contributed by atoms with Crippen molar-refractivity contribution in [3.05, 3.63) is 23.3 Å². The first-order chi connectivity index (χ1) is 7.76. The summed E-state index contributed by atoms with van der Waals surface area (Å²) >= 11 is 4.44. The highest BCUT2D eigenvalue weighted by Crippen LogP contribution is 2.42. The zero-order valence-electron chi connectivity index (χ0n) is 9.84. The highest BCUT2D eigenvalue weighted by Gasteiger charge is 2.15. The van der Waals surface area contributed by atoms with Crippen molar-refractivity contribution >= 4 is 35.2 Å². The lowest BCUT2D eigenvalue weighted by molar-refractivity contribution is 0.369. The zero-order chi connectivity index (χ0) is 13.2. The van der Waals surface area contributed by atoms with Crippen LogP contribution in [0.15, 0.2) is 17.0 Å². The van der Waals surface area contributed by atoms with Gasteiger partial charge in [0.25, 0.3) is 0 Å². The van der Waals surface area contributed by atoms with E-state index in [4.69, 9.17) is 18.5 Å². The van der Waals surface area contributed by atoms with Gasteiger partial charge in [-0.25, -0.2) is 0 Å². The van der Waals surface area contributed by atoms with Crippen LogP contribution in [0.2, 0.25) is 0 Å². The summed E-state index contributed by atoms with van der Waals surface area (Å²) in [6.07, 6.45) is 0. The van der Waals surface area contributed by atoms with Crippen molar-refractivity contribution in [1.82, 2.24) is 0 Å². The molecule has 1 unspecified atom stereocenters. The summed E-state index contributed by atoms with van der Waals surface area (Å²) in [5.41, 5.74) is 1.75. The van der Waals surface area contributed by atoms with Crippen molar-refractivity contribution in [2.75, 3.05) is 7.11 Å². The van der Waals surface area contributed by atoms with E-state index >= 15 is 0 Å². The number of hydrogen-bond acceptors (Lipinski definition) is 3. The van der Waals surface area contributed by atoms with Crippen LogP contribution in [0.5, 0.6) is 5.75 Å². The van der Waals surface area contributed by atoms with Crippen molar-refractivity contribution < 1.29 is 18.5 Å². The van der Waals surface area contributed by atoms with Gasteiger partial charge in [-0.1, -0.05) is 0 Å². The van der Waals surface area contributed by atoms with Gasteiger partial charge in [0.15, 0.2) is 0 Å². The van der Waals surface area contributed by atoms with Crippen LogP contribution in [-0.4, -0.2) is 22.8 Å². The van der Waals surface area contributed by atoms with E-state index in [0.717, 1.165) is 16.0 Å². The van der Waals surface area contributed by atoms with Crippen molar-refractivity contribution in [1.29, 1.82) is 0 Å². The molecule has 0 heterocycles. The minimum atomic E-state index is -3.69. The molecule has 1 aromatic carbocycles. The summed E-state index contributed by atoms with van der Waals surface area (Å²) in [6.45, 7) is 0.0367.